The van der Waals surface area contributed by atoms with E-state index in [4.69, 9.17) is 4.74 Å². The molecular formula is C20H25N3O5. The van der Waals surface area contributed by atoms with Crippen molar-refractivity contribution in [2.24, 2.45) is 0 Å². The quantitative estimate of drug-likeness (QED) is 0.567. The van der Waals surface area contributed by atoms with Crippen LogP contribution in [0.5, 0.6) is 0 Å². The Kier molecular flexibility index (Phi) is 5.67. The van der Waals surface area contributed by atoms with Gasteiger partial charge >= 0.3 is 12.0 Å². The standard InChI is InChI=1S/C20H25N3O5/c1-13-5-7-15(8-6-13)11-21-17(25)14(2)28-16(24)12-23-18(26)20(22-19(23)27)9-3-4-10-20/h5-8,14H,3-4,9-12H2,1-2H3,(H,21,25)(H,22,27)/t14-/m0/s1. The predicted molar refractivity (Wildman–Crippen MR) is 100 cm³/mol. The fourth-order valence-electron chi connectivity index (χ4n) is 3.59. The van der Waals surface area contributed by atoms with Gasteiger partial charge in [0.2, 0.25) is 0 Å². The number of nitrogens with zero attached hydrogens (tertiary/aromatic N) is 1. The highest BCUT2D eigenvalue weighted by Gasteiger charge is 2.52. The fourth-order valence-corrected chi connectivity index (χ4v) is 3.59. The number of imide groups is 1. The molecule has 2 aliphatic rings. The van der Waals surface area contributed by atoms with E-state index in [1.807, 2.05) is 31.2 Å². The summed E-state index contributed by atoms with van der Waals surface area (Å²) in [6.45, 7) is 3.25. The van der Waals surface area contributed by atoms with Crippen LogP contribution in [0.4, 0.5) is 4.79 Å². The fraction of sp³-hybridized carbons (Fsp3) is 0.500. The van der Waals surface area contributed by atoms with Gasteiger partial charge in [0.15, 0.2) is 6.10 Å². The molecule has 1 aliphatic heterocycles. The molecule has 150 valence electrons. The Morgan fingerprint density at radius 2 is 1.86 bits per heavy atom. The smallest absolute Gasteiger partial charge is 0.327 e. The van der Waals surface area contributed by atoms with E-state index >= 15 is 0 Å². The number of urea groups is 1. The molecule has 28 heavy (non-hydrogen) atoms. The Bertz CT molecular complexity index is 784. The van der Waals surface area contributed by atoms with Gasteiger partial charge in [0.05, 0.1) is 0 Å². The van der Waals surface area contributed by atoms with Gasteiger partial charge < -0.3 is 15.4 Å². The molecule has 0 unspecified atom stereocenters. The second kappa shape index (κ2) is 8.00. The third-order valence-electron chi connectivity index (χ3n) is 5.26. The van der Waals surface area contributed by atoms with E-state index in [0.29, 0.717) is 19.4 Å². The van der Waals surface area contributed by atoms with Crippen LogP contribution in [-0.4, -0.2) is 46.9 Å². The van der Waals surface area contributed by atoms with Gasteiger partial charge in [-0.2, -0.15) is 0 Å². The normalized spacial score (nSPS) is 18.9. The highest BCUT2D eigenvalue weighted by Crippen LogP contribution is 2.34. The van der Waals surface area contributed by atoms with Gasteiger partial charge in [0.25, 0.3) is 11.8 Å². The van der Waals surface area contributed by atoms with Crippen molar-refractivity contribution in [1.82, 2.24) is 15.5 Å². The van der Waals surface area contributed by atoms with Crippen LogP contribution >= 0.6 is 0 Å². The van der Waals surface area contributed by atoms with Crippen molar-refractivity contribution in [2.45, 2.75) is 57.7 Å². The zero-order chi connectivity index (χ0) is 20.3. The molecule has 1 aromatic rings. The van der Waals surface area contributed by atoms with Crippen LogP contribution in [0.1, 0.15) is 43.7 Å². The number of benzene rings is 1. The van der Waals surface area contributed by atoms with Crippen LogP contribution in [0.3, 0.4) is 0 Å². The summed E-state index contributed by atoms with van der Waals surface area (Å²) in [5.41, 5.74) is 1.19. The number of carbonyl (C=O) groups is 4. The SMILES string of the molecule is Cc1ccc(CNC(=O)[C@H](C)OC(=O)CN2C(=O)NC3(CCCC3)C2=O)cc1. The highest BCUT2D eigenvalue weighted by molar-refractivity contribution is 6.08. The number of carbonyl (C=O) groups excluding carboxylic acids is 4. The molecule has 1 atom stereocenters. The Balaban J connectivity index is 1.48. The maximum Gasteiger partial charge on any atom is 0.327 e. The third-order valence-corrected chi connectivity index (χ3v) is 5.26. The Hall–Kier alpha value is -2.90. The van der Waals surface area contributed by atoms with Crippen LogP contribution in [0.15, 0.2) is 24.3 Å². The zero-order valence-electron chi connectivity index (χ0n) is 16.1. The Morgan fingerprint density at radius 3 is 2.50 bits per heavy atom. The summed E-state index contributed by atoms with van der Waals surface area (Å²) in [6.07, 6.45) is 1.87. The van der Waals surface area contributed by atoms with E-state index in [-0.39, 0.29) is 5.91 Å². The van der Waals surface area contributed by atoms with Gasteiger partial charge in [0.1, 0.15) is 12.1 Å². The molecule has 2 N–H and O–H groups in total. The average molecular weight is 387 g/mol. The van der Waals surface area contributed by atoms with Crippen LogP contribution < -0.4 is 10.6 Å². The number of nitrogens with one attached hydrogen (secondary N) is 2. The summed E-state index contributed by atoms with van der Waals surface area (Å²) in [7, 11) is 0. The Morgan fingerprint density at radius 1 is 1.21 bits per heavy atom. The number of hydrogen-bond donors (Lipinski definition) is 2. The van der Waals surface area contributed by atoms with Crippen molar-refractivity contribution in [3.8, 4) is 0 Å². The largest absolute Gasteiger partial charge is 0.451 e. The van der Waals surface area contributed by atoms with Crippen molar-refractivity contribution < 1.29 is 23.9 Å². The summed E-state index contributed by atoms with van der Waals surface area (Å²) in [4.78, 5) is 49.8. The maximum absolute atomic E-state index is 12.5. The lowest BCUT2D eigenvalue weighted by Gasteiger charge is -2.20. The third kappa shape index (κ3) is 4.16. The molecule has 1 spiro atoms. The van der Waals surface area contributed by atoms with E-state index in [2.05, 4.69) is 10.6 Å². The second-order valence-corrected chi connectivity index (χ2v) is 7.45. The number of hydrogen-bond acceptors (Lipinski definition) is 5. The summed E-state index contributed by atoms with van der Waals surface area (Å²) < 4.78 is 5.10. The lowest BCUT2D eigenvalue weighted by Crippen LogP contribution is -2.45. The van der Waals surface area contributed by atoms with Gasteiger partial charge in [-0.05, 0) is 32.3 Å². The molecule has 8 heteroatoms. The number of amides is 4. The van der Waals surface area contributed by atoms with Crippen molar-refractivity contribution in [2.75, 3.05) is 6.54 Å². The van der Waals surface area contributed by atoms with E-state index in [9.17, 15) is 19.2 Å². The predicted octanol–water partition coefficient (Wildman–Crippen LogP) is 1.41. The van der Waals surface area contributed by atoms with Gasteiger partial charge in [-0.1, -0.05) is 42.7 Å². The lowest BCUT2D eigenvalue weighted by atomic mass is 9.98. The number of ether oxygens (including phenoxy) is 1. The highest BCUT2D eigenvalue weighted by atomic mass is 16.5. The van der Waals surface area contributed by atoms with Gasteiger partial charge in [0, 0.05) is 6.54 Å². The molecule has 4 amide bonds. The van der Waals surface area contributed by atoms with E-state index in [1.165, 1.54) is 6.92 Å². The summed E-state index contributed by atoms with van der Waals surface area (Å²) in [5, 5.41) is 5.40. The molecule has 1 saturated carbocycles. The zero-order valence-corrected chi connectivity index (χ0v) is 16.1. The Labute approximate surface area is 163 Å². The van der Waals surface area contributed by atoms with E-state index in [1.54, 1.807) is 0 Å². The first-order valence-corrected chi connectivity index (χ1v) is 9.47. The molecule has 1 aromatic carbocycles. The van der Waals surface area contributed by atoms with E-state index < -0.39 is 36.1 Å². The van der Waals surface area contributed by atoms with Crippen LogP contribution in [-0.2, 0) is 25.7 Å². The molecule has 1 saturated heterocycles. The maximum atomic E-state index is 12.5. The van der Waals surface area contributed by atoms with Crippen LogP contribution in [0, 0.1) is 6.92 Å². The first-order chi connectivity index (χ1) is 13.3. The van der Waals surface area contributed by atoms with Crippen LogP contribution in [0.2, 0.25) is 0 Å². The van der Waals surface area contributed by atoms with Crippen molar-refractivity contribution in [1.29, 1.82) is 0 Å². The van der Waals surface area contributed by atoms with E-state index in [0.717, 1.165) is 28.9 Å². The molecular weight excluding hydrogens is 362 g/mol. The molecule has 0 bridgehead atoms. The second-order valence-electron chi connectivity index (χ2n) is 7.45. The summed E-state index contributed by atoms with van der Waals surface area (Å²) in [5.74, 6) is -1.63. The van der Waals surface area contributed by atoms with Crippen molar-refractivity contribution in [3.63, 3.8) is 0 Å². The van der Waals surface area contributed by atoms with Gasteiger partial charge in [-0.15, -0.1) is 0 Å². The monoisotopic (exact) mass is 387 g/mol. The molecule has 3 rings (SSSR count). The minimum absolute atomic E-state index is 0.316. The lowest BCUT2D eigenvalue weighted by molar-refractivity contribution is -0.156. The molecule has 8 nitrogen and oxygen atoms in total. The number of aryl methyl sites for hydroxylation is 1. The minimum atomic E-state index is -1.03. The van der Waals surface area contributed by atoms with Gasteiger partial charge in [-0.3, -0.25) is 19.3 Å². The first-order valence-electron chi connectivity index (χ1n) is 9.47. The number of rotatable bonds is 6. The first kappa shape index (κ1) is 19.9. The molecule has 2 fully saturated rings. The molecule has 0 radical (unpaired) electrons. The average Bonchev–Trinajstić information content (AvgIpc) is 3.22. The van der Waals surface area contributed by atoms with Crippen molar-refractivity contribution in [3.05, 3.63) is 35.4 Å². The molecule has 1 aliphatic carbocycles. The minimum Gasteiger partial charge on any atom is -0.451 e. The van der Waals surface area contributed by atoms with Crippen molar-refractivity contribution >= 4 is 23.8 Å². The summed E-state index contributed by atoms with van der Waals surface area (Å²) in [6, 6.07) is 7.12. The topological polar surface area (TPSA) is 105 Å². The summed E-state index contributed by atoms with van der Waals surface area (Å²) >= 11 is 0. The number of esters is 1. The molecule has 1 heterocycles. The molecule has 0 aromatic heterocycles. The van der Waals surface area contributed by atoms with Crippen LogP contribution in [0.25, 0.3) is 0 Å². The van der Waals surface area contributed by atoms with Gasteiger partial charge in [-0.25, -0.2) is 4.79 Å².